The van der Waals surface area contributed by atoms with Gasteiger partial charge < -0.3 is 15.0 Å². The Kier molecular flexibility index (Phi) is 5.44. The van der Waals surface area contributed by atoms with Crippen LogP contribution in [-0.4, -0.2) is 18.0 Å². The van der Waals surface area contributed by atoms with E-state index in [-0.39, 0.29) is 16.8 Å². The highest BCUT2D eigenvalue weighted by atomic mass is 16.6. The van der Waals surface area contributed by atoms with Crippen molar-refractivity contribution in [2.24, 2.45) is 0 Å². The summed E-state index contributed by atoms with van der Waals surface area (Å²) in [6.45, 7) is 3.96. The topological polar surface area (TPSA) is 67.6 Å². The summed E-state index contributed by atoms with van der Waals surface area (Å²) in [6.07, 6.45) is -0.372. The standard InChI is InChI=1S/C23H23N3O3/c1-17-7-2-4-11-21(17)24-13-14-25-22-12-5-3-8-19(22)16-29-23(25)18-9-6-10-20(15-18)26(27)28/h2-12,15,23-24H,13-14,16H2,1H3. The van der Waals surface area contributed by atoms with E-state index in [1.54, 1.807) is 12.1 Å². The maximum absolute atomic E-state index is 11.2. The molecule has 0 amide bonds. The summed E-state index contributed by atoms with van der Waals surface area (Å²) in [5.41, 5.74) is 5.36. The Balaban J connectivity index is 1.60. The van der Waals surface area contributed by atoms with Crippen molar-refractivity contribution in [3.8, 4) is 0 Å². The molecule has 1 aliphatic heterocycles. The van der Waals surface area contributed by atoms with Gasteiger partial charge in [-0.25, -0.2) is 0 Å². The number of hydrogen-bond acceptors (Lipinski definition) is 5. The Morgan fingerprint density at radius 3 is 2.72 bits per heavy atom. The molecule has 0 saturated carbocycles. The van der Waals surface area contributed by atoms with Crippen LogP contribution >= 0.6 is 0 Å². The summed E-state index contributed by atoms with van der Waals surface area (Å²) in [5.74, 6) is 0. The predicted octanol–water partition coefficient (Wildman–Crippen LogP) is 5.05. The van der Waals surface area contributed by atoms with Gasteiger partial charge in [0.2, 0.25) is 0 Å². The molecule has 0 aliphatic carbocycles. The molecule has 0 saturated heterocycles. The van der Waals surface area contributed by atoms with Gasteiger partial charge in [-0.2, -0.15) is 0 Å². The molecule has 6 heteroatoms. The number of non-ortho nitro benzene ring substituents is 1. The zero-order valence-electron chi connectivity index (χ0n) is 16.2. The summed E-state index contributed by atoms with van der Waals surface area (Å²) < 4.78 is 6.14. The molecule has 148 valence electrons. The first-order chi connectivity index (χ1) is 14.1. The van der Waals surface area contributed by atoms with Crippen LogP contribution in [0.25, 0.3) is 0 Å². The lowest BCUT2D eigenvalue weighted by Crippen LogP contribution is -2.38. The largest absolute Gasteiger partial charge is 0.383 e. The number of fused-ring (bicyclic) bond motifs is 1. The highest BCUT2D eigenvalue weighted by molar-refractivity contribution is 5.57. The van der Waals surface area contributed by atoms with E-state index < -0.39 is 0 Å². The molecule has 1 N–H and O–H groups in total. The van der Waals surface area contributed by atoms with Gasteiger partial charge in [0, 0.05) is 47.7 Å². The van der Waals surface area contributed by atoms with E-state index in [4.69, 9.17) is 4.74 Å². The molecular weight excluding hydrogens is 366 g/mol. The lowest BCUT2D eigenvalue weighted by Gasteiger charge is -2.39. The average Bonchev–Trinajstić information content (AvgIpc) is 2.75. The Hall–Kier alpha value is -3.38. The Morgan fingerprint density at radius 2 is 1.90 bits per heavy atom. The van der Waals surface area contributed by atoms with Crippen molar-refractivity contribution >= 4 is 17.1 Å². The number of hydrogen-bond donors (Lipinski definition) is 1. The van der Waals surface area contributed by atoms with Crippen LogP contribution in [0.15, 0.2) is 72.8 Å². The summed E-state index contributed by atoms with van der Waals surface area (Å²) in [5, 5.41) is 14.7. The van der Waals surface area contributed by atoms with Crippen LogP contribution in [0.2, 0.25) is 0 Å². The van der Waals surface area contributed by atoms with Gasteiger partial charge >= 0.3 is 0 Å². The molecule has 6 nitrogen and oxygen atoms in total. The molecule has 3 aromatic rings. The molecule has 3 aromatic carbocycles. The highest BCUT2D eigenvalue weighted by Crippen LogP contribution is 2.37. The number of rotatable bonds is 6. The number of para-hydroxylation sites is 2. The number of ether oxygens (including phenoxy) is 1. The third kappa shape index (κ3) is 4.07. The molecule has 1 unspecified atom stereocenters. The van der Waals surface area contributed by atoms with E-state index >= 15 is 0 Å². The van der Waals surface area contributed by atoms with Crippen molar-refractivity contribution in [3.63, 3.8) is 0 Å². The second kappa shape index (κ2) is 8.32. The highest BCUT2D eigenvalue weighted by Gasteiger charge is 2.28. The van der Waals surface area contributed by atoms with Crippen molar-refractivity contribution in [2.45, 2.75) is 19.8 Å². The molecule has 0 bridgehead atoms. The first kappa shape index (κ1) is 19.0. The Morgan fingerprint density at radius 1 is 1.10 bits per heavy atom. The third-order valence-electron chi connectivity index (χ3n) is 5.16. The van der Waals surface area contributed by atoms with Crippen molar-refractivity contribution < 1.29 is 9.66 Å². The maximum atomic E-state index is 11.2. The van der Waals surface area contributed by atoms with Crippen molar-refractivity contribution in [1.29, 1.82) is 0 Å². The monoisotopic (exact) mass is 389 g/mol. The number of nitro groups is 1. The van der Waals surface area contributed by atoms with E-state index in [1.165, 1.54) is 11.6 Å². The number of benzene rings is 3. The van der Waals surface area contributed by atoms with E-state index in [1.807, 2.05) is 30.3 Å². The molecule has 29 heavy (non-hydrogen) atoms. The SMILES string of the molecule is Cc1ccccc1NCCN1c2ccccc2COC1c1cccc([N+](=O)[O-])c1. The van der Waals surface area contributed by atoms with E-state index in [0.717, 1.165) is 22.5 Å². The second-order valence-corrected chi connectivity index (χ2v) is 7.08. The third-order valence-corrected chi connectivity index (χ3v) is 5.16. The molecule has 1 atom stereocenters. The molecule has 0 spiro atoms. The molecule has 1 heterocycles. The zero-order chi connectivity index (χ0) is 20.2. The van der Waals surface area contributed by atoms with Crippen LogP contribution in [0.1, 0.15) is 22.9 Å². The minimum Gasteiger partial charge on any atom is -0.383 e. The molecule has 0 aromatic heterocycles. The molecule has 0 radical (unpaired) electrons. The Labute approximate surface area is 169 Å². The van der Waals surface area contributed by atoms with Gasteiger partial charge in [0.1, 0.15) is 0 Å². The van der Waals surface area contributed by atoms with Gasteiger partial charge in [-0.3, -0.25) is 10.1 Å². The predicted molar refractivity (Wildman–Crippen MR) is 114 cm³/mol. The zero-order valence-corrected chi connectivity index (χ0v) is 16.2. The first-order valence-corrected chi connectivity index (χ1v) is 9.63. The normalized spacial score (nSPS) is 15.6. The lowest BCUT2D eigenvalue weighted by molar-refractivity contribution is -0.385. The molecule has 0 fully saturated rings. The van der Waals surface area contributed by atoms with Gasteiger partial charge in [0.05, 0.1) is 11.5 Å². The van der Waals surface area contributed by atoms with Gasteiger partial charge in [0.25, 0.3) is 5.69 Å². The summed E-state index contributed by atoms with van der Waals surface area (Å²) in [7, 11) is 0. The van der Waals surface area contributed by atoms with Gasteiger partial charge in [-0.1, -0.05) is 48.5 Å². The van der Waals surface area contributed by atoms with Crippen molar-refractivity contribution in [2.75, 3.05) is 23.3 Å². The summed E-state index contributed by atoms with van der Waals surface area (Å²) in [6, 6.07) is 23.0. The quantitative estimate of drug-likeness (QED) is 0.472. The smallest absolute Gasteiger partial charge is 0.269 e. The van der Waals surface area contributed by atoms with Gasteiger partial charge in [-0.15, -0.1) is 0 Å². The average molecular weight is 389 g/mol. The minimum atomic E-state index is -0.372. The fourth-order valence-electron chi connectivity index (χ4n) is 3.69. The van der Waals surface area contributed by atoms with Crippen LogP contribution in [0.5, 0.6) is 0 Å². The Bertz CT molecular complexity index is 1020. The van der Waals surface area contributed by atoms with Gasteiger partial charge in [-0.05, 0) is 24.6 Å². The lowest BCUT2D eigenvalue weighted by atomic mass is 10.1. The van der Waals surface area contributed by atoms with Crippen LogP contribution in [0.4, 0.5) is 17.1 Å². The van der Waals surface area contributed by atoms with Crippen LogP contribution in [0, 0.1) is 17.0 Å². The number of nitrogens with one attached hydrogen (secondary N) is 1. The fourth-order valence-corrected chi connectivity index (χ4v) is 3.69. The van der Waals surface area contributed by atoms with E-state index in [2.05, 4.69) is 41.4 Å². The second-order valence-electron chi connectivity index (χ2n) is 7.08. The molecule has 4 rings (SSSR count). The number of anilines is 2. The number of nitrogens with zero attached hydrogens (tertiary/aromatic N) is 2. The molecular formula is C23H23N3O3. The van der Waals surface area contributed by atoms with Gasteiger partial charge in [0.15, 0.2) is 6.23 Å². The number of aryl methyl sites for hydroxylation is 1. The van der Waals surface area contributed by atoms with Crippen LogP contribution < -0.4 is 10.2 Å². The minimum absolute atomic E-state index is 0.0722. The van der Waals surface area contributed by atoms with Crippen LogP contribution in [-0.2, 0) is 11.3 Å². The van der Waals surface area contributed by atoms with Crippen molar-refractivity contribution in [3.05, 3.63) is 99.6 Å². The van der Waals surface area contributed by atoms with E-state index in [0.29, 0.717) is 19.7 Å². The summed E-state index contributed by atoms with van der Waals surface area (Å²) in [4.78, 5) is 13.0. The van der Waals surface area contributed by atoms with Crippen molar-refractivity contribution in [1.82, 2.24) is 0 Å². The van der Waals surface area contributed by atoms with E-state index in [9.17, 15) is 10.1 Å². The molecule has 1 aliphatic rings. The van der Waals surface area contributed by atoms with Crippen LogP contribution in [0.3, 0.4) is 0 Å². The summed E-state index contributed by atoms with van der Waals surface area (Å²) >= 11 is 0. The fraction of sp³-hybridized carbons (Fsp3) is 0.217. The maximum Gasteiger partial charge on any atom is 0.269 e. The number of nitro benzene ring substituents is 1. The first-order valence-electron chi connectivity index (χ1n) is 9.63.